The van der Waals surface area contributed by atoms with Gasteiger partial charge in [0, 0.05) is 20.1 Å². The highest BCUT2D eigenvalue weighted by Crippen LogP contribution is 2.13. The van der Waals surface area contributed by atoms with Crippen molar-refractivity contribution in [1.82, 2.24) is 9.80 Å². The molecule has 0 atom stereocenters. The zero-order chi connectivity index (χ0) is 19.1. The Balaban J connectivity index is 1.66. The maximum Gasteiger partial charge on any atom is 0.236 e. The molecule has 0 bridgehead atoms. The van der Waals surface area contributed by atoms with Gasteiger partial charge in [0.25, 0.3) is 0 Å². The van der Waals surface area contributed by atoms with Crippen molar-refractivity contribution >= 4 is 5.91 Å². The zero-order valence-corrected chi connectivity index (χ0v) is 16.0. The van der Waals surface area contributed by atoms with Crippen molar-refractivity contribution in [3.63, 3.8) is 0 Å². The minimum Gasteiger partial charge on any atom is -0.468 e. The van der Waals surface area contributed by atoms with Crippen molar-refractivity contribution in [3.8, 4) is 0 Å². The topological polar surface area (TPSA) is 36.7 Å². The van der Waals surface area contributed by atoms with Crippen LogP contribution in [0.15, 0.2) is 77.4 Å². The number of amides is 1. The average Bonchev–Trinajstić information content (AvgIpc) is 3.17. The molecule has 3 rings (SSSR count). The summed E-state index contributed by atoms with van der Waals surface area (Å²) in [6, 6.07) is 22.2. The van der Waals surface area contributed by atoms with Crippen LogP contribution < -0.4 is 0 Å². The first-order chi connectivity index (χ1) is 13.1. The van der Waals surface area contributed by atoms with Gasteiger partial charge in [0.1, 0.15) is 5.76 Å². The van der Waals surface area contributed by atoms with Crippen LogP contribution in [0.4, 0.5) is 0 Å². The molecule has 3 aromatic rings. The van der Waals surface area contributed by atoms with Crippen LogP contribution in [0.2, 0.25) is 0 Å². The standard InChI is InChI=1S/C23H26N2O2/c1-19-9-6-7-12-21(19)16-24(2)23(26)18-25(17-22-13-8-14-27-22)15-20-10-4-3-5-11-20/h3-14H,15-18H2,1-2H3. The number of nitrogens with zero attached hydrogens (tertiary/aromatic N) is 2. The minimum absolute atomic E-state index is 0.0979. The van der Waals surface area contributed by atoms with Gasteiger partial charge < -0.3 is 9.32 Å². The normalized spacial score (nSPS) is 10.9. The second-order valence-electron chi connectivity index (χ2n) is 6.89. The first-order valence-corrected chi connectivity index (χ1v) is 9.19. The largest absolute Gasteiger partial charge is 0.468 e. The Morgan fingerprint density at radius 2 is 1.63 bits per heavy atom. The summed E-state index contributed by atoms with van der Waals surface area (Å²) in [7, 11) is 1.86. The quantitative estimate of drug-likeness (QED) is 0.601. The molecule has 0 aliphatic rings. The summed E-state index contributed by atoms with van der Waals surface area (Å²) in [5.41, 5.74) is 3.56. The van der Waals surface area contributed by atoms with Gasteiger partial charge in [-0.05, 0) is 35.7 Å². The lowest BCUT2D eigenvalue weighted by atomic mass is 10.1. The average molecular weight is 362 g/mol. The highest BCUT2D eigenvalue weighted by Gasteiger charge is 2.17. The van der Waals surface area contributed by atoms with E-state index >= 15 is 0 Å². The maximum atomic E-state index is 12.8. The van der Waals surface area contributed by atoms with Gasteiger partial charge in [0.15, 0.2) is 0 Å². The van der Waals surface area contributed by atoms with E-state index in [9.17, 15) is 4.79 Å². The van der Waals surface area contributed by atoms with E-state index in [2.05, 4.69) is 36.1 Å². The molecule has 1 heterocycles. The first kappa shape index (κ1) is 18.9. The number of furan rings is 1. The van der Waals surface area contributed by atoms with Crippen LogP contribution in [0.3, 0.4) is 0 Å². The third kappa shape index (κ3) is 5.56. The van der Waals surface area contributed by atoms with Crippen molar-refractivity contribution in [1.29, 1.82) is 0 Å². The second kappa shape index (κ2) is 9.19. The molecule has 0 spiro atoms. The zero-order valence-electron chi connectivity index (χ0n) is 16.0. The first-order valence-electron chi connectivity index (χ1n) is 9.19. The Kier molecular flexibility index (Phi) is 6.44. The van der Waals surface area contributed by atoms with Crippen LogP contribution in [-0.2, 0) is 24.4 Å². The van der Waals surface area contributed by atoms with E-state index < -0.39 is 0 Å². The van der Waals surface area contributed by atoms with Gasteiger partial charge in [0.2, 0.25) is 5.91 Å². The Morgan fingerprint density at radius 3 is 2.33 bits per heavy atom. The third-order valence-corrected chi connectivity index (χ3v) is 4.66. The molecule has 2 aromatic carbocycles. The lowest BCUT2D eigenvalue weighted by Gasteiger charge is -2.25. The van der Waals surface area contributed by atoms with E-state index in [1.165, 1.54) is 16.7 Å². The molecule has 1 amide bonds. The highest BCUT2D eigenvalue weighted by atomic mass is 16.3. The van der Waals surface area contributed by atoms with Gasteiger partial charge >= 0.3 is 0 Å². The summed E-state index contributed by atoms with van der Waals surface area (Å²) in [5.74, 6) is 0.959. The third-order valence-electron chi connectivity index (χ3n) is 4.66. The van der Waals surface area contributed by atoms with E-state index in [1.54, 1.807) is 11.2 Å². The number of carbonyl (C=O) groups is 1. The van der Waals surface area contributed by atoms with E-state index in [0.29, 0.717) is 26.2 Å². The predicted octanol–water partition coefficient (Wildman–Crippen LogP) is 4.25. The number of carbonyl (C=O) groups excluding carboxylic acids is 1. The van der Waals surface area contributed by atoms with Crippen LogP contribution in [-0.4, -0.2) is 29.3 Å². The number of rotatable bonds is 8. The van der Waals surface area contributed by atoms with E-state index in [-0.39, 0.29) is 5.91 Å². The molecule has 140 valence electrons. The van der Waals surface area contributed by atoms with Gasteiger partial charge in [-0.15, -0.1) is 0 Å². The number of likely N-dealkylation sites (N-methyl/N-ethyl adjacent to an activating group) is 1. The predicted molar refractivity (Wildman–Crippen MR) is 107 cm³/mol. The lowest BCUT2D eigenvalue weighted by Crippen LogP contribution is -2.37. The fourth-order valence-corrected chi connectivity index (χ4v) is 3.08. The molecule has 0 saturated heterocycles. The van der Waals surface area contributed by atoms with Gasteiger partial charge in [-0.2, -0.15) is 0 Å². The van der Waals surface area contributed by atoms with E-state index in [4.69, 9.17) is 4.42 Å². The SMILES string of the molecule is Cc1ccccc1CN(C)C(=O)CN(Cc1ccccc1)Cc1ccco1. The summed E-state index contributed by atoms with van der Waals surface area (Å²) in [4.78, 5) is 16.8. The second-order valence-corrected chi connectivity index (χ2v) is 6.89. The van der Waals surface area contributed by atoms with Gasteiger partial charge in [-0.3, -0.25) is 9.69 Å². The molecule has 0 aliphatic heterocycles. The summed E-state index contributed by atoms with van der Waals surface area (Å²) in [6.07, 6.45) is 1.67. The van der Waals surface area contributed by atoms with Crippen LogP contribution in [0.1, 0.15) is 22.5 Å². The van der Waals surface area contributed by atoms with Gasteiger partial charge in [-0.1, -0.05) is 54.6 Å². The molecule has 0 saturated carbocycles. The fourth-order valence-electron chi connectivity index (χ4n) is 3.08. The van der Waals surface area contributed by atoms with Crippen molar-refractivity contribution in [2.24, 2.45) is 0 Å². The van der Waals surface area contributed by atoms with Crippen molar-refractivity contribution in [3.05, 3.63) is 95.4 Å². The molecule has 4 nitrogen and oxygen atoms in total. The Hall–Kier alpha value is -2.85. The smallest absolute Gasteiger partial charge is 0.236 e. The Morgan fingerprint density at radius 1 is 0.889 bits per heavy atom. The van der Waals surface area contributed by atoms with Crippen molar-refractivity contribution in [2.75, 3.05) is 13.6 Å². The molecule has 0 N–H and O–H groups in total. The molecule has 4 heteroatoms. The number of hydrogen-bond acceptors (Lipinski definition) is 3. The van der Waals surface area contributed by atoms with Crippen LogP contribution in [0, 0.1) is 6.92 Å². The van der Waals surface area contributed by atoms with Crippen molar-refractivity contribution in [2.45, 2.75) is 26.6 Å². The van der Waals surface area contributed by atoms with E-state index in [1.807, 2.05) is 49.5 Å². The van der Waals surface area contributed by atoms with Gasteiger partial charge in [-0.25, -0.2) is 0 Å². The minimum atomic E-state index is 0.0979. The lowest BCUT2D eigenvalue weighted by molar-refractivity contribution is -0.132. The molecule has 0 aliphatic carbocycles. The number of aryl methyl sites for hydroxylation is 1. The molecular weight excluding hydrogens is 336 g/mol. The summed E-state index contributed by atoms with van der Waals surface area (Å²) in [5, 5.41) is 0. The summed E-state index contributed by atoms with van der Waals surface area (Å²) in [6.45, 7) is 4.34. The Bertz CT molecular complexity index is 844. The fraction of sp³-hybridized carbons (Fsp3) is 0.261. The summed E-state index contributed by atoms with van der Waals surface area (Å²) < 4.78 is 5.49. The monoisotopic (exact) mass is 362 g/mol. The molecule has 0 radical (unpaired) electrons. The molecule has 0 fully saturated rings. The van der Waals surface area contributed by atoms with E-state index in [0.717, 1.165) is 5.76 Å². The summed E-state index contributed by atoms with van der Waals surface area (Å²) >= 11 is 0. The Labute approximate surface area is 161 Å². The molecule has 27 heavy (non-hydrogen) atoms. The van der Waals surface area contributed by atoms with Crippen LogP contribution in [0.5, 0.6) is 0 Å². The number of benzene rings is 2. The number of hydrogen-bond donors (Lipinski definition) is 0. The van der Waals surface area contributed by atoms with Crippen molar-refractivity contribution < 1.29 is 9.21 Å². The molecular formula is C23H26N2O2. The van der Waals surface area contributed by atoms with Crippen LogP contribution in [0.25, 0.3) is 0 Å². The molecule has 1 aromatic heterocycles. The van der Waals surface area contributed by atoms with Crippen LogP contribution >= 0.6 is 0 Å². The molecule has 0 unspecified atom stereocenters. The van der Waals surface area contributed by atoms with Gasteiger partial charge in [0.05, 0.1) is 19.4 Å². The maximum absolute atomic E-state index is 12.8. The highest BCUT2D eigenvalue weighted by molar-refractivity contribution is 5.78.